The van der Waals surface area contributed by atoms with Gasteiger partial charge >= 0.3 is 0 Å². The highest BCUT2D eigenvalue weighted by Gasteiger charge is 2.30. The molecule has 0 radical (unpaired) electrons. The summed E-state index contributed by atoms with van der Waals surface area (Å²) in [6, 6.07) is 3.43. The van der Waals surface area contributed by atoms with E-state index in [-0.39, 0.29) is 11.2 Å². The highest BCUT2D eigenvalue weighted by atomic mass is 35.5. The topological polar surface area (TPSA) is 29.5 Å². The van der Waals surface area contributed by atoms with Crippen LogP contribution in [-0.2, 0) is 10.2 Å². The van der Waals surface area contributed by atoms with Crippen LogP contribution in [-0.4, -0.2) is 18.3 Å². The van der Waals surface area contributed by atoms with E-state index in [4.69, 9.17) is 16.3 Å². The number of ether oxygens (including phenoxy) is 1. The van der Waals surface area contributed by atoms with Crippen molar-refractivity contribution >= 4 is 11.6 Å². The minimum absolute atomic E-state index is 0.0205. The summed E-state index contributed by atoms with van der Waals surface area (Å²) in [7, 11) is 0. The zero-order chi connectivity index (χ0) is 11.9. The van der Waals surface area contributed by atoms with Gasteiger partial charge in [-0.25, -0.2) is 0 Å². The van der Waals surface area contributed by atoms with Gasteiger partial charge in [0.2, 0.25) is 0 Å². The molecule has 16 heavy (non-hydrogen) atoms. The molecule has 1 saturated heterocycles. The number of benzene rings is 1. The van der Waals surface area contributed by atoms with Crippen LogP contribution in [0, 0.1) is 0 Å². The lowest BCUT2D eigenvalue weighted by atomic mass is 9.79. The van der Waals surface area contributed by atoms with E-state index >= 15 is 0 Å². The van der Waals surface area contributed by atoms with Gasteiger partial charge in [0, 0.05) is 10.9 Å². The number of halogens is 1. The standard InChI is InChI=1S/C13H17ClO2/c1-13(2,3)10-4-9(15)5-11(14)12(10)8-6-16-7-8/h4-5,8,15H,6-7H2,1-3H3. The van der Waals surface area contributed by atoms with Crippen LogP contribution in [0.4, 0.5) is 0 Å². The predicted octanol–water partition coefficient (Wildman–Crippen LogP) is 3.46. The van der Waals surface area contributed by atoms with Crippen LogP contribution in [0.2, 0.25) is 5.02 Å². The van der Waals surface area contributed by atoms with E-state index in [2.05, 4.69) is 20.8 Å². The molecule has 3 heteroatoms. The Bertz CT molecular complexity index is 403. The molecule has 1 fully saturated rings. The maximum Gasteiger partial charge on any atom is 0.117 e. The second-order valence-electron chi connectivity index (χ2n) is 5.37. The number of aromatic hydroxyl groups is 1. The lowest BCUT2D eigenvalue weighted by Crippen LogP contribution is -2.28. The van der Waals surface area contributed by atoms with Gasteiger partial charge in [0.15, 0.2) is 0 Å². The number of rotatable bonds is 1. The summed E-state index contributed by atoms with van der Waals surface area (Å²) in [5.74, 6) is 0.612. The molecule has 0 aromatic heterocycles. The average molecular weight is 241 g/mol. The van der Waals surface area contributed by atoms with Crippen molar-refractivity contribution < 1.29 is 9.84 Å². The molecule has 1 aromatic carbocycles. The van der Waals surface area contributed by atoms with Gasteiger partial charge < -0.3 is 9.84 Å². The van der Waals surface area contributed by atoms with E-state index in [1.165, 1.54) is 0 Å². The molecule has 1 aliphatic heterocycles. The quantitative estimate of drug-likeness (QED) is 0.815. The van der Waals surface area contributed by atoms with Crippen molar-refractivity contribution in [3.63, 3.8) is 0 Å². The molecular weight excluding hydrogens is 224 g/mol. The van der Waals surface area contributed by atoms with Gasteiger partial charge in [-0.15, -0.1) is 0 Å². The number of phenolic OH excluding ortho intramolecular Hbond substituents is 1. The third kappa shape index (κ3) is 2.04. The zero-order valence-electron chi connectivity index (χ0n) is 9.88. The molecular formula is C13H17ClO2. The van der Waals surface area contributed by atoms with Crippen LogP contribution in [0.5, 0.6) is 5.75 Å². The van der Waals surface area contributed by atoms with Crippen LogP contribution in [0.3, 0.4) is 0 Å². The molecule has 0 amide bonds. The van der Waals surface area contributed by atoms with Crippen LogP contribution < -0.4 is 0 Å². The number of phenols is 1. The van der Waals surface area contributed by atoms with Crippen LogP contribution in [0.1, 0.15) is 37.8 Å². The fourth-order valence-electron chi connectivity index (χ4n) is 2.04. The summed E-state index contributed by atoms with van der Waals surface area (Å²) in [6.45, 7) is 7.84. The average Bonchev–Trinajstić information content (AvgIpc) is 2.03. The first kappa shape index (κ1) is 11.7. The van der Waals surface area contributed by atoms with E-state index in [0.29, 0.717) is 10.9 Å². The molecule has 1 heterocycles. The molecule has 0 aliphatic carbocycles. The number of hydrogen-bond acceptors (Lipinski definition) is 2. The Hall–Kier alpha value is -0.730. The third-order valence-electron chi connectivity index (χ3n) is 2.97. The highest BCUT2D eigenvalue weighted by molar-refractivity contribution is 6.31. The van der Waals surface area contributed by atoms with E-state index in [1.54, 1.807) is 6.07 Å². The summed E-state index contributed by atoms with van der Waals surface area (Å²) in [6.07, 6.45) is 0. The van der Waals surface area contributed by atoms with Gasteiger partial charge in [-0.1, -0.05) is 32.4 Å². The molecule has 1 N–H and O–H groups in total. The SMILES string of the molecule is CC(C)(C)c1cc(O)cc(Cl)c1C1COC1. The van der Waals surface area contributed by atoms with Crippen molar-refractivity contribution in [1.82, 2.24) is 0 Å². The summed E-state index contributed by atoms with van der Waals surface area (Å²) in [5.41, 5.74) is 2.23. The van der Waals surface area contributed by atoms with Gasteiger partial charge in [0.25, 0.3) is 0 Å². The van der Waals surface area contributed by atoms with Crippen LogP contribution in [0.25, 0.3) is 0 Å². The summed E-state index contributed by atoms with van der Waals surface area (Å²) in [4.78, 5) is 0. The van der Waals surface area contributed by atoms with E-state index in [9.17, 15) is 5.11 Å². The Labute approximate surface area is 101 Å². The van der Waals surface area contributed by atoms with Crippen molar-refractivity contribution in [2.45, 2.75) is 32.1 Å². The molecule has 2 nitrogen and oxygen atoms in total. The zero-order valence-corrected chi connectivity index (χ0v) is 10.6. The number of hydrogen-bond donors (Lipinski definition) is 1. The largest absolute Gasteiger partial charge is 0.508 e. The Kier molecular flexibility index (Phi) is 2.89. The fraction of sp³-hybridized carbons (Fsp3) is 0.538. The van der Waals surface area contributed by atoms with Gasteiger partial charge in [0.1, 0.15) is 5.75 Å². The Morgan fingerprint density at radius 3 is 2.38 bits per heavy atom. The summed E-state index contributed by atoms with van der Waals surface area (Å²) in [5, 5.41) is 10.3. The van der Waals surface area contributed by atoms with Crippen molar-refractivity contribution in [2.24, 2.45) is 0 Å². The van der Waals surface area contributed by atoms with Gasteiger partial charge in [-0.3, -0.25) is 0 Å². The van der Waals surface area contributed by atoms with Crippen LogP contribution >= 0.6 is 11.6 Å². The molecule has 1 aromatic rings. The molecule has 0 unspecified atom stereocenters. The maximum atomic E-state index is 9.64. The fourth-order valence-corrected chi connectivity index (χ4v) is 2.41. The minimum Gasteiger partial charge on any atom is -0.508 e. The first-order valence-electron chi connectivity index (χ1n) is 5.50. The summed E-state index contributed by atoms with van der Waals surface area (Å²) >= 11 is 6.23. The van der Waals surface area contributed by atoms with Gasteiger partial charge in [0.05, 0.1) is 13.2 Å². The maximum absolute atomic E-state index is 9.64. The van der Waals surface area contributed by atoms with Gasteiger partial charge in [-0.05, 0) is 28.7 Å². The Morgan fingerprint density at radius 1 is 1.31 bits per heavy atom. The van der Waals surface area contributed by atoms with E-state index in [1.807, 2.05) is 6.07 Å². The molecule has 0 bridgehead atoms. The second kappa shape index (κ2) is 3.94. The monoisotopic (exact) mass is 240 g/mol. The lowest BCUT2D eigenvalue weighted by Gasteiger charge is -2.33. The van der Waals surface area contributed by atoms with Crippen molar-refractivity contribution in [3.8, 4) is 5.75 Å². The molecule has 88 valence electrons. The first-order chi connectivity index (χ1) is 7.39. The van der Waals surface area contributed by atoms with Crippen molar-refractivity contribution in [1.29, 1.82) is 0 Å². The molecule has 2 rings (SSSR count). The Morgan fingerprint density at radius 2 is 1.94 bits per heavy atom. The Balaban J connectivity index is 2.55. The van der Waals surface area contributed by atoms with E-state index in [0.717, 1.165) is 24.3 Å². The van der Waals surface area contributed by atoms with Crippen molar-refractivity contribution in [3.05, 3.63) is 28.3 Å². The van der Waals surface area contributed by atoms with Gasteiger partial charge in [-0.2, -0.15) is 0 Å². The third-order valence-corrected chi connectivity index (χ3v) is 3.28. The molecule has 0 spiro atoms. The second-order valence-corrected chi connectivity index (χ2v) is 5.78. The highest BCUT2D eigenvalue weighted by Crippen LogP contribution is 2.40. The summed E-state index contributed by atoms with van der Waals surface area (Å²) < 4.78 is 5.22. The molecule has 0 saturated carbocycles. The van der Waals surface area contributed by atoms with Crippen LogP contribution in [0.15, 0.2) is 12.1 Å². The normalized spacial score (nSPS) is 17.2. The minimum atomic E-state index is -0.0205. The predicted molar refractivity (Wildman–Crippen MR) is 65.4 cm³/mol. The molecule has 1 aliphatic rings. The smallest absolute Gasteiger partial charge is 0.117 e. The van der Waals surface area contributed by atoms with E-state index < -0.39 is 0 Å². The first-order valence-corrected chi connectivity index (χ1v) is 5.88. The lowest BCUT2D eigenvalue weighted by molar-refractivity contribution is 0.00780. The van der Waals surface area contributed by atoms with Crippen molar-refractivity contribution in [2.75, 3.05) is 13.2 Å². The molecule has 0 atom stereocenters.